The smallest absolute Gasteiger partial charge is 0.229 e. The number of fused-ring (bicyclic) bond motifs is 1. The molecule has 156 valence electrons. The quantitative estimate of drug-likeness (QED) is 0.779. The number of hydrogen-bond donors (Lipinski definition) is 1. The monoisotopic (exact) mass is 394 g/mol. The normalized spacial score (nSPS) is 27.1. The van der Waals surface area contributed by atoms with E-state index in [1.807, 2.05) is 14.1 Å². The molecule has 2 fully saturated rings. The van der Waals surface area contributed by atoms with Gasteiger partial charge in [-0.15, -0.1) is 0 Å². The van der Waals surface area contributed by atoms with Crippen LogP contribution in [0.4, 0.5) is 0 Å². The largest absolute Gasteiger partial charge is 0.378 e. The van der Waals surface area contributed by atoms with Gasteiger partial charge in [0, 0.05) is 45.6 Å². The van der Waals surface area contributed by atoms with E-state index < -0.39 is 0 Å². The zero-order valence-corrected chi connectivity index (χ0v) is 18.2. The van der Waals surface area contributed by atoms with Crippen molar-refractivity contribution in [2.24, 2.45) is 5.92 Å². The van der Waals surface area contributed by atoms with Gasteiger partial charge in [0.25, 0.3) is 0 Å². The zero-order chi connectivity index (χ0) is 20.6. The molecule has 2 aliphatic carbocycles. The number of rotatable bonds is 2. The molecule has 0 aromatic heterocycles. The lowest BCUT2D eigenvalue weighted by Crippen LogP contribution is -2.61. The number of likely N-dealkylation sites (N-methyl/N-ethyl adjacent to an activating group) is 2. The lowest BCUT2D eigenvalue weighted by Gasteiger charge is -2.52. The minimum atomic E-state index is -0.0715. The molecule has 1 N–H and O–H groups in total. The fourth-order valence-electron chi connectivity index (χ4n) is 5.20. The van der Waals surface area contributed by atoms with Gasteiger partial charge in [-0.3, -0.25) is 4.79 Å². The van der Waals surface area contributed by atoms with E-state index in [2.05, 4.69) is 70.4 Å². The Morgan fingerprint density at radius 3 is 2.66 bits per heavy atom. The van der Waals surface area contributed by atoms with Crippen molar-refractivity contribution in [3.63, 3.8) is 0 Å². The Labute approximate surface area is 175 Å². The average Bonchev–Trinajstić information content (AvgIpc) is 2.74. The molecule has 29 heavy (non-hydrogen) atoms. The molecule has 2 aliphatic heterocycles. The van der Waals surface area contributed by atoms with Gasteiger partial charge in [0.2, 0.25) is 5.91 Å². The molecule has 1 spiro atoms. The minimum Gasteiger partial charge on any atom is -0.378 e. The molecule has 0 aromatic carbocycles. The van der Waals surface area contributed by atoms with E-state index in [9.17, 15) is 4.79 Å². The summed E-state index contributed by atoms with van der Waals surface area (Å²) in [5.41, 5.74) is 4.95. The summed E-state index contributed by atoms with van der Waals surface area (Å²) in [5, 5.41) is 3.88. The molecule has 2 saturated heterocycles. The Morgan fingerprint density at radius 1 is 1.24 bits per heavy atom. The highest BCUT2D eigenvalue weighted by Crippen LogP contribution is 2.41. The van der Waals surface area contributed by atoms with Crippen LogP contribution in [0.3, 0.4) is 0 Å². The topological polar surface area (TPSA) is 38.8 Å². The maximum atomic E-state index is 13.2. The summed E-state index contributed by atoms with van der Waals surface area (Å²) >= 11 is 0. The van der Waals surface area contributed by atoms with Crippen molar-refractivity contribution in [3.05, 3.63) is 59.2 Å². The first-order chi connectivity index (χ1) is 13.9. The van der Waals surface area contributed by atoms with Crippen LogP contribution in [0.15, 0.2) is 59.2 Å². The van der Waals surface area contributed by atoms with Gasteiger partial charge >= 0.3 is 0 Å². The standard InChI is InChI=1S/C24H34N4O/c1-5-22-24(25-20-11-6-7-12-21(20)27(22)4)13-15-28(16-14-24)23(29)18-9-8-10-19(17-18)26(2)3/h5,8,10-12,17-18,25H,6-7,9,13-16H2,1-4H3/b22-5-. The van der Waals surface area contributed by atoms with Gasteiger partial charge in [-0.25, -0.2) is 0 Å². The lowest BCUT2D eigenvalue weighted by atomic mass is 9.79. The van der Waals surface area contributed by atoms with Crippen LogP contribution in [-0.2, 0) is 4.79 Å². The summed E-state index contributed by atoms with van der Waals surface area (Å²) < 4.78 is 0. The van der Waals surface area contributed by atoms with Crippen molar-refractivity contribution in [1.29, 1.82) is 0 Å². The van der Waals surface area contributed by atoms with Crippen molar-refractivity contribution in [2.45, 2.75) is 44.6 Å². The molecule has 4 rings (SSSR count). The number of nitrogens with one attached hydrogen (secondary N) is 1. The lowest BCUT2D eigenvalue weighted by molar-refractivity contribution is -0.135. The van der Waals surface area contributed by atoms with Crippen molar-refractivity contribution < 1.29 is 4.79 Å². The maximum absolute atomic E-state index is 13.2. The van der Waals surface area contributed by atoms with E-state index in [1.54, 1.807) is 0 Å². The molecule has 4 aliphatic rings. The van der Waals surface area contributed by atoms with Crippen LogP contribution in [0.1, 0.15) is 39.0 Å². The third-order valence-corrected chi connectivity index (χ3v) is 6.80. The highest BCUT2D eigenvalue weighted by Gasteiger charge is 2.45. The fourth-order valence-corrected chi connectivity index (χ4v) is 5.20. The molecular weight excluding hydrogens is 360 g/mol. The third-order valence-electron chi connectivity index (χ3n) is 6.80. The maximum Gasteiger partial charge on any atom is 0.229 e. The van der Waals surface area contributed by atoms with Gasteiger partial charge in [0.05, 0.1) is 22.9 Å². The first kappa shape index (κ1) is 19.9. The molecule has 5 nitrogen and oxygen atoms in total. The minimum absolute atomic E-state index is 0.0368. The highest BCUT2D eigenvalue weighted by atomic mass is 16.2. The summed E-state index contributed by atoms with van der Waals surface area (Å²) in [6.45, 7) is 3.73. The van der Waals surface area contributed by atoms with E-state index in [0.29, 0.717) is 0 Å². The van der Waals surface area contributed by atoms with E-state index >= 15 is 0 Å². The van der Waals surface area contributed by atoms with Gasteiger partial charge in [-0.1, -0.05) is 24.3 Å². The number of likely N-dealkylation sites (tertiary alicyclic amines) is 1. The molecular formula is C24H34N4O. The SMILES string of the molecule is C/C=C1\N(C)C2=CCCC=C2NC12CCN(C(=O)C1C=C(N(C)C)C=CC1)CC2. The molecule has 1 unspecified atom stereocenters. The van der Waals surface area contributed by atoms with Gasteiger partial charge in [0.1, 0.15) is 0 Å². The molecule has 0 radical (unpaired) electrons. The van der Waals surface area contributed by atoms with Crippen LogP contribution in [0.25, 0.3) is 0 Å². The molecule has 1 amide bonds. The van der Waals surface area contributed by atoms with Gasteiger partial charge in [-0.05, 0) is 51.2 Å². The first-order valence-corrected chi connectivity index (χ1v) is 10.9. The van der Waals surface area contributed by atoms with E-state index in [1.165, 1.54) is 17.1 Å². The second kappa shape index (κ2) is 7.77. The second-order valence-electron chi connectivity index (χ2n) is 8.78. The molecule has 1 atom stereocenters. The average molecular weight is 395 g/mol. The van der Waals surface area contributed by atoms with Gasteiger partial charge in [0.15, 0.2) is 0 Å². The van der Waals surface area contributed by atoms with Crippen LogP contribution >= 0.6 is 0 Å². The predicted octanol–water partition coefficient (Wildman–Crippen LogP) is 3.37. The fraction of sp³-hybridized carbons (Fsp3) is 0.542. The zero-order valence-electron chi connectivity index (χ0n) is 18.2. The van der Waals surface area contributed by atoms with E-state index in [4.69, 9.17) is 0 Å². The van der Waals surface area contributed by atoms with Gasteiger partial charge in [-0.2, -0.15) is 0 Å². The first-order valence-electron chi connectivity index (χ1n) is 10.9. The van der Waals surface area contributed by atoms with Crippen molar-refractivity contribution in [2.75, 3.05) is 34.2 Å². The predicted molar refractivity (Wildman–Crippen MR) is 118 cm³/mol. The highest BCUT2D eigenvalue weighted by molar-refractivity contribution is 5.81. The van der Waals surface area contributed by atoms with Crippen LogP contribution in [-0.4, -0.2) is 60.4 Å². The Kier molecular flexibility index (Phi) is 5.32. The number of hydrogen-bond acceptors (Lipinski definition) is 4. The molecule has 2 heterocycles. The van der Waals surface area contributed by atoms with Crippen LogP contribution in [0.2, 0.25) is 0 Å². The molecule has 0 bridgehead atoms. The Hall–Kier alpha value is -2.43. The third kappa shape index (κ3) is 3.52. The van der Waals surface area contributed by atoms with Crippen molar-refractivity contribution >= 4 is 5.91 Å². The number of carbonyl (C=O) groups excluding carboxylic acids is 1. The molecule has 5 heteroatoms. The number of amides is 1. The molecule has 0 saturated carbocycles. The summed E-state index contributed by atoms with van der Waals surface area (Å²) in [7, 11) is 6.24. The number of nitrogens with zero attached hydrogens (tertiary/aromatic N) is 3. The summed E-state index contributed by atoms with van der Waals surface area (Å²) in [6, 6.07) is 0. The number of piperazine rings is 1. The summed E-state index contributed by atoms with van der Waals surface area (Å²) in [5.74, 6) is 0.234. The van der Waals surface area contributed by atoms with E-state index in [-0.39, 0.29) is 17.4 Å². The Bertz CT molecular complexity index is 822. The van der Waals surface area contributed by atoms with Crippen molar-refractivity contribution in [1.82, 2.24) is 20.0 Å². The Balaban J connectivity index is 1.48. The van der Waals surface area contributed by atoms with E-state index in [0.717, 1.165) is 50.9 Å². The molecule has 0 aromatic rings. The van der Waals surface area contributed by atoms with Gasteiger partial charge < -0.3 is 20.0 Å². The van der Waals surface area contributed by atoms with Crippen LogP contribution in [0, 0.1) is 5.92 Å². The summed E-state index contributed by atoms with van der Waals surface area (Å²) in [4.78, 5) is 19.7. The van der Waals surface area contributed by atoms with Crippen molar-refractivity contribution in [3.8, 4) is 0 Å². The summed E-state index contributed by atoms with van der Waals surface area (Å²) in [6.07, 6.45) is 18.2. The van der Waals surface area contributed by atoms with Crippen LogP contribution < -0.4 is 5.32 Å². The number of allylic oxidation sites excluding steroid dienone is 5. The Morgan fingerprint density at radius 2 is 1.97 bits per heavy atom. The van der Waals surface area contributed by atoms with Crippen LogP contribution in [0.5, 0.6) is 0 Å². The second-order valence-corrected chi connectivity index (χ2v) is 8.78. The number of piperidine rings is 1. The number of carbonyl (C=O) groups is 1.